The van der Waals surface area contributed by atoms with E-state index in [2.05, 4.69) is 107 Å². The lowest BCUT2D eigenvalue weighted by Gasteiger charge is -2.03. The summed E-state index contributed by atoms with van der Waals surface area (Å²) < 4.78 is 4.17. The molecule has 0 amide bonds. The van der Waals surface area contributed by atoms with Crippen molar-refractivity contribution in [1.29, 1.82) is 0 Å². The van der Waals surface area contributed by atoms with Crippen LogP contribution in [-0.4, -0.2) is 23.4 Å². The predicted octanol–water partition coefficient (Wildman–Crippen LogP) is 3.61. The van der Waals surface area contributed by atoms with E-state index in [1.54, 1.807) is 0 Å². The summed E-state index contributed by atoms with van der Waals surface area (Å²) in [4.78, 5) is 0. The minimum atomic E-state index is 0. The third-order valence-electron chi connectivity index (χ3n) is 5.26. The van der Waals surface area contributed by atoms with E-state index in [0.29, 0.717) is 12.8 Å². The maximum Gasteiger partial charge on any atom is 0.210 e. The van der Waals surface area contributed by atoms with Gasteiger partial charge in [-0.15, -0.1) is 0 Å². The van der Waals surface area contributed by atoms with Crippen LogP contribution < -0.4 is 9.13 Å². The quantitative estimate of drug-likeness (QED) is 0.454. The largest absolute Gasteiger partial charge is 0.396 e. The number of aliphatic hydroxyl groups excluding tert-OH is 2. The maximum atomic E-state index is 9.04. The fraction of sp³-hybridized carbons (Fsp3) is 0.185. The third kappa shape index (κ3) is 5.43. The Bertz CT molecular complexity index is 981. The molecular weight excluding hydrogens is 384 g/mol. The Kier molecular flexibility index (Phi) is 7.65. The second-order valence-corrected chi connectivity index (χ2v) is 7.27. The van der Waals surface area contributed by atoms with Gasteiger partial charge in [-0.25, -0.2) is 0 Å². The molecule has 0 saturated carbocycles. The van der Waals surface area contributed by atoms with Crippen LogP contribution in [0, 0.1) is 0 Å². The molecule has 2 aromatic carbocycles. The van der Waals surface area contributed by atoms with Crippen molar-refractivity contribution in [2.45, 2.75) is 20.3 Å². The predicted molar refractivity (Wildman–Crippen MR) is 123 cm³/mol. The molecule has 158 valence electrons. The van der Waals surface area contributed by atoms with Crippen molar-refractivity contribution in [3.05, 3.63) is 109 Å². The molecule has 31 heavy (non-hydrogen) atoms. The molecule has 4 rings (SSSR count). The average molecular weight is 415 g/mol. The lowest BCUT2D eigenvalue weighted by atomic mass is 10.1. The zero-order chi connectivity index (χ0) is 20.8. The van der Waals surface area contributed by atoms with Gasteiger partial charge in [0, 0.05) is 61.7 Å². The third-order valence-corrected chi connectivity index (χ3v) is 5.26. The topological polar surface area (TPSA) is 48.2 Å². The molecule has 0 aliphatic carbocycles. The molecule has 4 heteroatoms. The van der Waals surface area contributed by atoms with Gasteiger partial charge in [0.25, 0.3) is 0 Å². The molecule has 0 aliphatic rings. The fourth-order valence-corrected chi connectivity index (χ4v) is 3.51. The van der Waals surface area contributed by atoms with Crippen molar-refractivity contribution < 1.29 is 19.3 Å². The number of hydrogen-bond donors (Lipinski definition) is 2. The Morgan fingerprint density at radius 3 is 1.10 bits per heavy atom. The fourth-order valence-electron chi connectivity index (χ4n) is 3.51. The van der Waals surface area contributed by atoms with E-state index in [1.807, 2.05) is 0 Å². The first kappa shape index (κ1) is 22.3. The summed E-state index contributed by atoms with van der Waals surface area (Å²) in [6.45, 7) is 0.348. The smallest absolute Gasteiger partial charge is 0.210 e. The molecule has 0 atom stereocenters. The van der Waals surface area contributed by atoms with Gasteiger partial charge in [0.15, 0.2) is 24.8 Å². The van der Waals surface area contributed by atoms with Crippen molar-refractivity contribution in [2.24, 2.45) is 0 Å². The minimum absolute atomic E-state index is 0. The lowest BCUT2D eigenvalue weighted by Crippen LogP contribution is -2.29. The Morgan fingerprint density at radius 1 is 0.484 bits per heavy atom. The number of aromatic nitrogens is 2. The Hall–Kier alpha value is -3.34. The summed E-state index contributed by atoms with van der Waals surface area (Å²) >= 11 is 0. The molecular formula is C27H30N2O2+2. The highest BCUT2D eigenvalue weighted by Crippen LogP contribution is 2.17. The van der Waals surface area contributed by atoms with E-state index < -0.39 is 0 Å². The van der Waals surface area contributed by atoms with E-state index in [9.17, 15) is 0 Å². The summed E-state index contributed by atoms with van der Waals surface area (Å²) in [7, 11) is 0. The summed E-state index contributed by atoms with van der Waals surface area (Å²) in [6.07, 6.45) is 9.64. The number of benzene rings is 2. The second-order valence-electron chi connectivity index (χ2n) is 7.27. The highest BCUT2D eigenvalue weighted by molar-refractivity contribution is 5.61. The minimum Gasteiger partial charge on any atom is -0.396 e. The molecule has 2 N–H and O–H groups in total. The normalized spacial score (nSPS) is 10.5. The zero-order valence-corrected chi connectivity index (χ0v) is 16.9. The number of rotatable bonds is 7. The van der Waals surface area contributed by atoms with Crippen molar-refractivity contribution >= 4 is 0 Å². The molecule has 2 aromatic heterocycles. The highest BCUT2D eigenvalue weighted by atomic mass is 16.3. The van der Waals surface area contributed by atoms with Crippen molar-refractivity contribution in [2.75, 3.05) is 13.2 Å². The van der Waals surface area contributed by atoms with E-state index >= 15 is 0 Å². The maximum absolute atomic E-state index is 9.04. The zero-order valence-electron chi connectivity index (χ0n) is 16.9. The first-order valence-corrected chi connectivity index (χ1v) is 10.2. The first-order valence-electron chi connectivity index (χ1n) is 10.2. The molecule has 0 radical (unpaired) electrons. The van der Waals surface area contributed by atoms with Crippen LogP contribution in [0.1, 0.15) is 18.6 Å². The van der Waals surface area contributed by atoms with Crippen LogP contribution >= 0.6 is 0 Å². The highest BCUT2D eigenvalue weighted by Gasteiger charge is 2.09. The van der Waals surface area contributed by atoms with Crippen molar-refractivity contribution in [3.8, 4) is 22.5 Å². The molecule has 0 fully saturated rings. The number of nitrogens with zero attached hydrogens (tertiary/aromatic N) is 2. The standard InChI is InChI=1S/C26H26N2O2.CH4/c29-19-13-21-1-5-25(6-2-21)27-15-9-23(10-16-27)24-11-17-28(18-12-24)26-7-3-22(4-8-26)14-20-30;/h1-12,15-18,29-30H,13-14,19-20H2;1H4/q+2;. The van der Waals surface area contributed by atoms with E-state index in [0.717, 1.165) is 33.6 Å². The Balaban J connectivity index is 0.00000272. The van der Waals surface area contributed by atoms with Crippen molar-refractivity contribution in [1.82, 2.24) is 0 Å². The van der Waals surface area contributed by atoms with Crippen LogP contribution in [0.5, 0.6) is 0 Å². The van der Waals surface area contributed by atoms with Gasteiger partial charge in [0.05, 0.1) is 0 Å². The first-order chi connectivity index (χ1) is 14.8. The SMILES string of the molecule is C.OCCc1ccc(-[n+]2ccc(-c3cc[n+](-c4ccc(CCO)cc4)cc3)cc2)cc1. The van der Waals surface area contributed by atoms with Crippen molar-refractivity contribution in [3.63, 3.8) is 0 Å². The van der Waals surface area contributed by atoms with Gasteiger partial charge in [-0.1, -0.05) is 31.7 Å². The Labute approximate surface area is 184 Å². The van der Waals surface area contributed by atoms with Crippen LogP contribution in [0.15, 0.2) is 97.6 Å². The van der Waals surface area contributed by atoms with Crippen LogP contribution in [-0.2, 0) is 12.8 Å². The summed E-state index contributed by atoms with van der Waals surface area (Å²) in [5.74, 6) is 0. The van der Waals surface area contributed by atoms with Gasteiger partial charge in [-0.05, 0) is 35.1 Å². The van der Waals surface area contributed by atoms with E-state index in [4.69, 9.17) is 10.2 Å². The molecule has 0 aliphatic heterocycles. The van der Waals surface area contributed by atoms with Gasteiger partial charge in [0.2, 0.25) is 11.4 Å². The van der Waals surface area contributed by atoms with E-state index in [1.165, 1.54) is 0 Å². The summed E-state index contributed by atoms with van der Waals surface area (Å²) in [5.41, 5.74) is 6.79. The number of pyridine rings is 2. The van der Waals surface area contributed by atoms with E-state index in [-0.39, 0.29) is 20.6 Å². The molecule has 0 saturated heterocycles. The summed E-state index contributed by atoms with van der Waals surface area (Å²) in [6, 6.07) is 25.0. The molecule has 2 heterocycles. The second kappa shape index (κ2) is 10.6. The number of aliphatic hydroxyl groups is 2. The van der Waals surface area contributed by atoms with Gasteiger partial charge in [-0.3, -0.25) is 0 Å². The van der Waals surface area contributed by atoms with Crippen LogP contribution in [0.3, 0.4) is 0 Å². The average Bonchev–Trinajstić information content (AvgIpc) is 2.81. The van der Waals surface area contributed by atoms with Crippen LogP contribution in [0.4, 0.5) is 0 Å². The molecule has 0 unspecified atom stereocenters. The monoisotopic (exact) mass is 414 g/mol. The van der Waals surface area contributed by atoms with Gasteiger partial charge in [0.1, 0.15) is 0 Å². The van der Waals surface area contributed by atoms with Gasteiger partial charge >= 0.3 is 0 Å². The molecule has 4 aromatic rings. The molecule has 4 nitrogen and oxygen atoms in total. The van der Waals surface area contributed by atoms with Crippen LogP contribution in [0.25, 0.3) is 22.5 Å². The summed E-state index contributed by atoms with van der Waals surface area (Å²) in [5, 5.41) is 18.1. The lowest BCUT2D eigenvalue weighted by molar-refractivity contribution is -0.596. The van der Waals surface area contributed by atoms with Gasteiger partial charge in [-0.2, -0.15) is 9.13 Å². The molecule has 0 spiro atoms. The van der Waals surface area contributed by atoms with Gasteiger partial charge < -0.3 is 10.2 Å². The number of hydrogen-bond acceptors (Lipinski definition) is 2. The molecule has 0 bridgehead atoms. The van der Waals surface area contributed by atoms with Crippen LogP contribution in [0.2, 0.25) is 0 Å². The Morgan fingerprint density at radius 2 is 0.806 bits per heavy atom.